The molecule has 5 heteroatoms. The summed E-state index contributed by atoms with van der Waals surface area (Å²) >= 11 is 0. The van der Waals surface area contributed by atoms with Crippen LogP contribution in [0.3, 0.4) is 0 Å². The van der Waals surface area contributed by atoms with Gasteiger partial charge >= 0.3 is 0 Å². The molecule has 3 aromatic carbocycles. The zero-order valence-corrected chi connectivity index (χ0v) is 20.8. The van der Waals surface area contributed by atoms with E-state index in [4.69, 9.17) is 9.15 Å². The van der Waals surface area contributed by atoms with E-state index in [2.05, 4.69) is 46.6 Å². The first-order chi connectivity index (χ1) is 17.0. The summed E-state index contributed by atoms with van der Waals surface area (Å²) < 4.78 is 11.5. The van der Waals surface area contributed by atoms with E-state index in [0.717, 1.165) is 46.2 Å². The molecule has 0 radical (unpaired) electrons. The van der Waals surface area contributed by atoms with Gasteiger partial charge in [-0.25, -0.2) is 0 Å². The second kappa shape index (κ2) is 11.1. The molecular formula is C30H32N2O3. The van der Waals surface area contributed by atoms with Crippen molar-refractivity contribution < 1.29 is 13.9 Å². The first kappa shape index (κ1) is 24.3. The molecule has 35 heavy (non-hydrogen) atoms. The third kappa shape index (κ3) is 5.81. The van der Waals surface area contributed by atoms with Gasteiger partial charge in [-0.05, 0) is 62.3 Å². The molecule has 1 heterocycles. The number of amides is 1. The Morgan fingerprint density at radius 2 is 1.69 bits per heavy atom. The van der Waals surface area contributed by atoms with Gasteiger partial charge in [-0.15, -0.1) is 0 Å². The molecule has 0 aliphatic carbocycles. The number of nitrogens with zero attached hydrogens (tertiary/aromatic N) is 1. The van der Waals surface area contributed by atoms with E-state index in [1.54, 1.807) is 19.4 Å². The standard InChI is InChI=1S/C30H32N2O3/c1-21(17-30(33)31-15-8-16-32(2)3)25-18-26-27(20-35-29(26)19-28(25)34-4)24-13-11-23(12-14-24)22-9-6-5-7-10-22/h5-7,9-14,17-20H,8,15-16H2,1-4H3,(H,31,33)/b21-17+. The van der Waals surface area contributed by atoms with Crippen molar-refractivity contribution >= 4 is 22.4 Å². The van der Waals surface area contributed by atoms with Crippen LogP contribution in [0.2, 0.25) is 0 Å². The molecule has 5 nitrogen and oxygen atoms in total. The van der Waals surface area contributed by atoms with E-state index >= 15 is 0 Å². The molecule has 4 aromatic rings. The zero-order chi connectivity index (χ0) is 24.8. The highest BCUT2D eigenvalue weighted by atomic mass is 16.5. The van der Waals surface area contributed by atoms with E-state index in [1.807, 2.05) is 51.4 Å². The van der Waals surface area contributed by atoms with Crippen LogP contribution in [0.4, 0.5) is 0 Å². The predicted octanol–water partition coefficient (Wildman–Crippen LogP) is 6.25. The van der Waals surface area contributed by atoms with Gasteiger partial charge in [0.25, 0.3) is 0 Å². The maximum atomic E-state index is 12.5. The fourth-order valence-corrected chi connectivity index (χ4v) is 4.16. The predicted molar refractivity (Wildman–Crippen MR) is 143 cm³/mol. The second-order valence-electron chi connectivity index (χ2n) is 8.92. The Labute approximate surface area is 207 Å². The number of hydrogen-bond acceptors (Lipinski definition) is 4. The molecule has 4 rings (SSSR count). The van der Waals surface area contributed by atoms with E-state index in [-0.39, 0.29) is 5.91 Å². The molecule has 1 amide bonds. The molecule has 0 unspecified atom stereocenters. The Kier molecular flexibility index (Phi) is 7.68. The maximum absolute atomic E-state index is 12.5. The average molecular weight is 469 g/mol. The van der Waals surface area contributed by atoms with Crippen LogP contribution in [0.15, 0.2) is 83.5 Å². The van der Waals surface area contributed by atoms with E-state index in [0.29, 0.717) is 12.3 Å². The van der Waals surface area contributed by atoms with Gasteiger partial charge in [0.05, 0.1) is 13.4 Å². The topological polar surface area (TPSA) is 54.7 Å². The summed E-state index contributed by atoms with van der Waals surface area (Å²) in [5.74, 6) is 0.569. The molecular weight excluding hydrogens is 436 g/mol. The minimum atomic E-state index is -0.104. The number of carbonyl (C=O) groups excluding carboxylic acids is 1. The summed E-state index contributed by atoms with van der Waals surface area (Å²) in [6, 6.07) is 22.7. The molecule has 0 spiro atoms. The number of hydrogen-bond donors (Lipinski definition) is 1. The van der Waals surface area contributed by atoms with Crippen LogP contribution in [0, 0.1) is 0 Å². The van der Waals surface area contributed by atoms with E-state index in [1.165, 1.54) is 11.1 Å². The number of nitrogens with one attached hydrogen (secondary N) is 1. The summed E-state index contributed by atoms with van der Waals surface area (Å²) in [5, 5.41) is 3.94. The van der Waals surface area contributed by atoms with Gasteiger partial charge in [0.15, 0.2) is 0 Å². The number of benzene rings is 3. The van der Waals surface area contributed by atoms with Crippen LogP contribution >= 0.6 is 0 Å². The normalized spacial score (nSPS) is 11.7. The van der Waals surface area contributed by atoms with E-state index in [9.17, 15) is 4.79 Å². The highest BCUT2D eigenvalue weighted by Gasteiger charge is 2.15. The minimum Gasteiger partial charge on any atom is -0.496 e. The van der Waals surface area contributed by atoms with E-state index < -0.39 is 0 Å². The molecule has 180 valence electrons. The quantitative estimate of drug-likeness (QED) is 0.233. The number of furan rings is 1. The lowest BCUT2D eigenvalue weighted by Crippen LogP contribution is -2.25. The van der Waals surface area contributed by atoms with Crippen LogP contribution in [-0.4, -0.2) is 45.1 Å². The molecule has 0 fully saturated rings. The Balaban J connectivity index is 1.61. The SMILES string of the molecule is COc1cc2occ(-c3ccc(-c4ccccc4)cc3)c2cc1/C(C)=C/C(=O)NCCCN(C)C. The van der Waals surface area contributed by atoms with Crippen molar-refractivity contribution in [1.29, 1.82) is 0 Å². The number of ether oxygens (including phenoxy) is 1. The highest BCUT2D eigenvalue weighted by molar-refractivity contribution is 6.00. The number of rotatable bonds is 9. The van der Waals surface area contributed by atoms with Crippen molar-refractivity contribution in [3.63, 3.8) is 0 Å². The summed E-state index contributed by atoms with van der Waals surface area (Å²) in [6.07, 6.45) is 4.32. The van der Waals surface area contributed by atoms with Crippen LogP contribution in [0.5, 0.6) is 5.75 Å². The average Bonchev–Trinajstić information content (AvgIpc) is 3.29. The van der Waals surface area contributed by atoms with Gasteiger partial charge in [0, 0.05) is 35.2 Å². The first-order valence-corrected chi connectivity index (χ1v) is 11.8. The molecule has 1 aromatic heterocycles. The summed E-state index contributed by atoms with van der Waals surface area (Å²) in [5.41, 5.74) is 6.87. The van der Waals surface area contributed by atoms with Crippen molar-refractivity contribution in [3.05, 3.63) is 84.6 Å². The van der Waals surface area contributed by atoms with Gasteiger partial charge in [0.1, 0.15) is 11.3 Å². The lowest BCUT2D eigenvalue weighted by Gasteiger charge is -2.11. The maximum Gasteiger partial charge on any atom is 0.244 e. The van der Waals surface area contributed by atoms with Crippen molar-refractivity contribution in [1.82, 2.24) is 10.2 Å². The van der Waals surface area contributed by atoms with Crippen LogP contribution in [0.1, 0.15) is 18.9 Å². The molecule has 0 bridgehead atoms. The van der Waals surface area contributed by atoms with Crippen LogP contribution in [0.25, 0.3) is 38.8 Å². The third-order valence-corrected chi connectivity index (χ3v) is 6.05. The second-order valence-corrected chi connectivity index (χ2v) is 8.92. The van der Waals surface area contributed by atoms with Crippen molar-refractivity contribution in [3.8, 4) is 28.0 Å². The number of fused-ring (bicyclic) bond motifs is 1. The monoisotopic (exact) mass is 468 g/mol. The molecule has 0 saturated heterocycles. The lowest BCUT2D eigenvalue weighted by atomic mass is 9.97. The van der Waals surface area contributed by atoms with Gasteiger partial charge in [-0.2, -0.15) is 0 Å². The van der Waals surface area contributed by atoms with Crippen molar-refractivity contribution in [2.45, 2.75) is 13.3 Å². The number of carbonyl (C=O) groups is 1. The van der Waals surface area contributed by atoms with Gasteiger partial charge in [-0.1, -0.05) is 54.6 Å². The van der Waals surface area contributed by atoms with Gasteiger partial charge in [-0.3, -0.25) is 4.79 Å². The fraction of sp³-hybridized carbons (Fsp3) is 0.233. The smallest absolute Gasteiger partial charge is 0.244 e. The third-order valence-electron chi connectivity index (χ3n) is 6.05. The Morgan fingerprint density at radius 1 is 1.00 bits per heavy atom. The largest absolute Gasteiger partial charge is 0.496 e. The molecule has 0 saturated carbocycles. The Hall–Kier alpha value is -3.83. The zero-order valence-electron chi connectivity index (χ0n) is 20.8. The van der Waals surface area contributed by atoms with Gasteiger partial charge in [0.2, 0.25) is 5.91 Å². The number of methoxy groups -OCH3 is 1. The highest BCUT2D eigenvalue weighted by Crippen LogP contribution is 2.37. The summed E-state index contributed by atoms with van der Waals surface area (Å²) in [4.78, 5) is 14.6. The molecule has 0 aliphatic heterocycles. The first-order valence-electron chi connectivity index (χ1n) is 11.8. The van der Waals surface area contributed by atoms with Crippen molar-refractivity contribution in [2.75, 3.05) is 34.3 Å². The summed E-state index contributed by atoms with van der Waals surface area (Å²) in [7, 11) is 5.68. The molecule has 0 aliphatic rings. The minimum absolute atomic E-state index is 0.104. The van der Waals surface area contributed by atoms with Crippen LogP contribution in [-0.2, 0) is 4.79 Å². The Bertz CT molecular complexity index is 1320. The Morgan fingerprint density at radius 3 is 2.37 bits per heavy atom. The van der Waals surface area contributed by atoms with Crippen molar-refractivity contribution in [2.24, 2.45) is 0 Å². The van der Waals surface area contributed by atoms with Crippen LogP contribution < -0.4 is 10.1 Å². The van der Waals surface area contributed by atoms with Gasteiger partial charge < -0.3 is 19.4 Å². The fourth-order valence-electron chi connectivity index (χ4n) is 4.16. The lowest BCUT2D eigenvalue weighted by molar-refractivity contribution is -0.116. The number of allylic oxidation sites excluding steroid dienone is 1. The molecule has 0 atom stereocenters. The summed E-state index contributed by atoms with van der Waals surface area (Å²) in [6.45, 7) is 3.50. The molecule has 1 N–H and O–H groups in total.